The lowest BCUT2D eigenvalue weighted by Gasteiger charge is -2.25. The Morgan fingerprint density at radius 2 is 1.68 bits per heavy atom. The molecule has 1 aromatic heterocycles. The van der Waals surface area contributed by atoms with Crippen LogP contribution in [0.3, 0.4) is 0 Å². The van der Waals surface area contributed by atoms with Gasteiger partial charge in [0.1, 0.15) is 18.1 Å². The van der Waals surface area contributed by atoms with Crippen molar-refractivity contribution in [2.45, 2.75) is 19.3 Å². The van der Waals surface area contributed by atoms with Gasteiger partial charge in [-0.1, -0.05) is 0 Å². The van der Waals surface area contributed by atoms with Crippen molar-refractivity contribution in [3.63, 3.8) is 0 Å². The van der Waals surface area contributed by atoms with E-state index in [4.69, 9.17) is 20.3 Å². The molecule has 1 fully saturated rings. The number of carbonyl (C=O) groups is 1. The Labute approximate surface area is 182 Å². The molecule has 0 unspecified atom stereocenters. The van der Waals surface area contributed by atoms with Gasteiger partial charge in [0.25, 0.3) is 5.91 Å². The third-order valence-electron chi connectivity index (χ3n) is 5.43. The molecule has 162 valence electrons. The van der Waals surface area contributed by atoms with Gasteiger partial charge in [0.15, 0.2) is 5.69 Å². The molecule has 2 heterocycles. The first-order chi connectivity index (χ1) is 15.2. The molecule has 4 rings (SSSR count). The van der Waals surface area contributed by atoms with Crippen LogP contribution in [0.15, 0.2) is 54.6 Å². The molecule has 0 radical (unpaired) electrons. The minimum Gasteiger partial charge on any atom is -0.497 e. The van der Waals surface area contributed by atoms with E-state index in [1.165, 1.54) is 6.42 Å². The Hall–Kier alpha value is -3.32. The monoisotopic (exact) mass is 420 g/mol. The van der Waals surface area contributed by atoms with Crippen LogP contribution in [-0.4, -0.2) is 53.9 Å². The number of aromatic nitrogens is 2. The number of likely N-dealkylation sites (tertiary alicyclic amines) is 1. The van der Waals surface area contributed by atoms with Crippen LogP contribution in [-0.2, 0) is 0 Å². The molecule has 2 N–H and O–H groups in total. The number of carbonyl (C=O) groups excluding carboxylic acids is 1. The fraction of sp³-hybridized carbons (Fsp3) is 0.333. The van der Waals surface area contributed by atoms with Crippen molar-refractivity contribution in [2.24, 2.45) is 5.73 Å². The summed E-state index contributed by atoms with van der Waals surface area (Å²) >= 11 is 0. The third-order valence-corrected chi connectivity index (χ3v) is 5.43. The van der Waals surface area contributed by atoms with E-state index in [2.05, 4.69) is 0 Å². The highest BCUT2D eigenvalue weighted by Crippen LogP contribution is 2.28. The number of nitrogens with zero attached hydrogens (tertiary/aromatic N) is 3. The molecule has 1 aliphatic heterocycles. The number of hydrogen-bond acceptors (Lipinski definition) is 5. The maximum Gasteiger partial charge on any atom is 0.274 e. The van der Waals surface area contributed by atoms with E-state index < -0.39 is 0 Å². The van der Waals surface area contributed by atoms with Crippen LogP contribution in [0.5, 0.6) is 11.5 Å². The van der Waals surface area contributed by atoms with E-state index in [0.717, 1.165) is 54.4 Å². The average molecular weight is 421 g/mol. The lowest BCUT2D eigenvalue weighted by Crippen LogP contribution is -2.35. The van der Waals surface area contributed by atoms with Gasteiger partial charge >= 0.3 is 0 Å². The molecule has 0 atom stereocenters. The van der Waals surface area contributed by atoms with Crippen LogP contribution in [0.1, 0.15) is 29.8 Å². The number of nitrogens with two attached hydrogens (primary N) is 1. The zero-order valence-corrected chi connectivity index (χ0v) is 17.8. The van der Waals surface area contributed by atoms with Gasteiger partial charge < -0.3 is 20.1 Å². The minimum atomic E-state index is -0.0175. The Kier molecular flexibility index (Phi) is 6.52. The molecule has 0 saturated carbocycles. The van der Waals surface area contributed by atoms with Crippen LogP contribution in [0.25, 0.3) is 16.9 Å². The van der Waals surface area contributed by atoms with Gasteiger partial charge in [-0.25, -0.2) is 4.68 Å². The molecule has 1 amide bonds. The van der Waals surface area contributed by atoms with Crippen molar-refractivity contribution in [3.05, 3.63) is 60.3 Å². The Morgan fingerprint density at radius 3 is 2.32 bits per heavy atom. The lowest BCUT2D eigenvalue weighted by molar-refractivity contribution is 0.0718. The summed E-state index contributed by atoms with van der Waals surface area (Å²) in [7, 11) is 1.64. The third kappa shape index (κ3) is 4.72. The quantitative estimate of drug-likeness (QED) is 0.632. The van der Waals surface area contributed by atoms with E-state index in [0.29, 0.717) is 18.8 Å². The second-order valence-electron chi connectivity index (χ2n) is 7.54. The van der Waals surface area contributed by atoms with Gasteiger partial charge in [0, 0.05) is 25.2 Å². The number of hydrogen-bond donors (Lipinski definition) is 1. The number of ether oxygens (including phenoxy) is 2. The Morgan fingerprint density at radius 1 is 1.00 bits per heavy atom. The number of methoxy groups -OCH3 is 1. The highest BCUT2D eigenvalue weighted by molar-refractivity contribution is 5.93. The molecule has 1 aliphatic rings. The van der Waals surface area contributed by atoms with Gasteiger partial charge in [-0.3, -0.25) is 4.79 Å². The van der Waals surface area contributed by atoms with Gasteiger partial charge in [0.05, 0.1) is 18.5 Å². The zero-order chi connectivity index (χ0) is 21.6. The predicted octanol–water partition coefficient (Wildman–Crippen LogP) is 3.51. The van der Waals surface area contributed by atoms with Gasteiger partial charge in [0.2, 0.25) is 0 Å². The summed E-state index contributed by atoms with van der Waals surface area (Å²) in [6.07, 6.45) is 3.26. The largest absolute Gasteiger partial charge is 0.497 e. The van der Waals surface area contributed by atoms with Crippen molar-refractivity contribution < 1.29 is 14.3 Å². The smallest absolute Gasteiger partial charge is 0.274 e. The molecular formula is C24H28N4O3. The summed E-state index contributed by atoms with van der Waals surface area (Å²) in [4.78, 5) is 15.0. The molecule has 0 aliphatic carbocycles. The fourth-order valence-corrected chi connectivity index (χ4v) is 3.77. The molecule has 7 nitrogen and oxygen atoms in total. The second-order valence-corrected chi connectivity index (χ2v) is 7.54. The maximum atomic E-state index is 13.1. The Balaban J connectivity index is 1.70. The van der Waals surface area contributed by atoms with E-state index in [1.54, 1.807) is 7.11 Å². The van der Waals surface area contributed by atoms with Crippen molar-refractivity contribution in [1.29, 1.82) is 0 Å². The first-order valence-corrected chi connectivity index (χ1v) is 10.7. The van der Waals surface area contributed by atoms with Gasteiger partial charge in [-0.15, -0.1) is 0 Å². The number of amides is 1. The van der Waals surface area contributed by atoms with Crippen LogP contribution in [0.4, 0.5) is 0 Å². The molecule has 3 aromatic rings. The molecule has 31 heavy (non-hydrogen) atoms. The first-order valence-electron chi connectivity index (χ1n) is 10.7. The van der Waals surface area contributed by atoms with Gasteiger partial charge in [-0.2, -0.15) is 5.10 Å². The van der Waals surface area contributed by atoms with E-state index in [9.17, 15) is 4.79 Å². The zero-order valence-electron chi connectivity index (χ0n) is 17.8. The Bertz CT molecular complexity index is 1010. The van der Waals surface area contributed by atoms with Crippen LogP contribution >= 0.6 is 0 Å². The second kappa shape index (κ2) is 9.66. The maximum absolute atomic E-state index is 13.1. The fourth-order valence-electron chi connectivity index (χ4n) is 3.77. The van der Waals surface area contributed by atoms with E-state index in [-0.39, 0.29) is 5.91 Å². The summed E-state index contributed by atoms with van der Waals surface area (Å²) in [6, 6.07) is 17.3. The SMILES string of the molecule is COc1ccc(-n2nc(C(=O)N3CCCCC3)cc2-c2ccc(OCCN)cc2)cc1. The summed E-state index contributed by atoms with van der Waals surface area (Å²) in [5.41, 5.74) is 8.62. The molecule has 1 saturated heterocycles. The van der Waals surface area contributed by atoms with Crippen molar-refractivity contribution in [3.8, 4) is 28.4 Å². The average Bonchev–Trinajstić information content (AvgIpc) is 3.28. The van der Waals surface area contributed by atoms with Gasteiger partial charge in [-0.05, 0) is 73.9 Å². The normalized spacial score (nSPS) is 13.8. The summed E-state index contributed by atoms with van der Waals surface area (Å²) < 4.78 is 12.7. The highest BCUT2D eigenvalue weighted by atomic mass is 16.5. The minimum absolute atomic E-state index is 0.0175. The molecule has 2 aromatic carbocycles. The number of benzene rings is 2. The van der Waals surface area contributed by atoms with Crippen LogP contribution in [0, 0.1) is 0 Å². The first kappa shape index (κ1) is 20.9. The summed E-state index contributed by atoms with van der Waals surface area (Å²) in [5, 5.41) is 4.70. The van der Waals surface area contributed by atoms with Crippen LogP contribution in [0.2, 0.25) is 0 Å². The summed E-state index contributed by atoms with van der Waals surface area (Å²) in [5.74, 6) is 1.51. The van der Waals surface area contributed by atoms with Crippen LogP contribution < -0.4 is 15.2 Å². The lowest BCUT2D eigenvalue weighted by atomic mass is 10.1. The molecular weight excluding hydrogens is 392 g/mol. The molecule has 7 heteroatoms. The standard InChI is InChI=1S/C24H28N4O3/c1-30-20-11-7-19(8-12-20)28-23(18-5-9-21(10-6-18)31-16-13-25)17-22(26-28)24(29)27-14-3-2-4-15-27/h5-12,17H,2-4,13-16,25H2,1H3. The van der Waals surface area contributed by atoms with Crippen molar-refractivity contribution >= 4 is 5.91 Å². The van der Waals surface area contributed by atoms with E-state index in [1.807, 2.05) is 64.2 Å². The van der Waals surface area contributed by atoms with Crippen molar-refractivity contribution in [2.75, 3.05) is 33.4 Å². The number of rotatable bonds is 7. The predicted molar refractivity (Wildman–Crippen MR) is 120 cm³/mol. The van der Waals surface area contributed by atoms with Crippen molar-refractivity contribution in [1.82, 2.24) is 14.7 Å². The number of piperidine rings is 1. The molecule has 0 bridgehead atoms. The topological polar surface area (TPSA) is 82.6 Å². The highest BCUT2D eigenvalue weighted by Gasteiger charge is 2.23. The molecule has 0 spiro atoms. The summed E-state index contributed by atoms with van der Waals surface area (Å²) in [6.45, 7) is 2.51. The van der Waals surface area contributed by atoms with E-state index >= 15 is 0 Å².